The molecule has 0 aromatic rings. The fourth-order valence-electron chi connectivity index (χ4n) is 9.36. The summed E-state index contributed by atoms with van der Waals surface area (Å²) in [4.78, 5) is 26.8. The van der Waals surface area contributed by atoms with Crippen LogP contribution in [-0.2, 0) is 9.59 Å². The van der Waals surface area contributed by atoms with Crippen LogP contribution in [0.2, 0.25) is 0 Å². The molecule has 0 bridgehead atoms. The second kappa shape index (κ2) is 6.68. The summed E-state index contributed by atoms with van der Waals surface area (Å²) in [7, 11) is 0. The van der Waals surface area contributed by atoms with Gasteiger partial charge in [-0.1, -0.05) is 53.2 Å². The fraction of sp³-hybridized carbons (Fsp3) is 0.759. The molecule has 0 radical (unpaired) electrons. The van der Waals surface area contributed by atoms with E-state index in [4.69, 9.17) is 0 Å². The lowest BCUT2D eigenvalue weighted by molar-refractivity contribution is -0.153. The minimum absolute atomic E-state index is 0.0182. The standard InChI is InChI=1S/C29H39NO2/c1-17-21-9-12-28(5)23(27(21,4)14-19(16-30)25(17)32)13-22(31)24-20-15-26(2,3)10-7-18(20)8-11-29(24,28)6/h13-14,17-18,20-21,24H,7-12,15H2,1-6H3/t17?,18?,20?,21-,24?,27-,28+,29+/m0/s1. The summed E-state index contributed by atoms with van der Waals surface area (Å²) in [5.74, 6) is 1.60. The summed E-state index contributed by atoms with van der Waals surface area (Å²) >= 11 is 0. The highest BCUT2D eigenvalue weighted by Crippen LogP contribution is 2.72. The van der Waals surface area contributed by atoms with E-state index in [9.17, 15) is 14.9 Å². The van der Waals surface area contributed by atoms with Gasteiger partial charge in [0.25, 0.3) is 0 Å². The maximum absolute atomic E-state index is 14.0. The first-order valence-corrected chi connectivity index (χ1v) is 12.8. The first-order chi connectivity index (χ1) is 14.9. The Balaban J connectivity index is 1.66. The van der Waals surface area contributed by atoms with Gasteiger partial charge in [-0.25, -0.2) is 0 Å². The van der Waals surface area contributed by atoms with Crippen molar-refractivity contribution in [2.24, 2.45) is 51.2 Å². The third-order valence-corrected chi connectivity index (χ3v) is 11.3. The molecule has 5 rings (SSSR count). The Bertz CT molecular complexity index is 995. The van der Waals surface area contributed by atoms with E-state index in [-0.39, 0.29) is 34.4 Å². The Morgan fingerprint density at radius 3 is 2.38 bits per heavy atom. The fourth-order valence-corrected chi connectivity index (χ4v) is 9.36. The lowest BCUT2D eigenvalue weighted by Gasteiger charge is -2.66. The molecule has 32 heavy (non-hydrogen) atoms. The highest BCUT2D eigenvalue weighted by atomic mass is 16.1. The molecule has 3 saturated carbocycles. The summed E-state index contributed by atoms with van der Waals surface area (Å²) in [6.07, 6.45) is 12.0. The summed E-state index contributed by atoms with van der Waals surface area (Å²) < 4.78 is 0. The van der Waals surface area contributed by atoms with Crippen LogP contribution in [0.3, 0.4) is 0 Å². The van der Waals surface area contributed by atoms with Crippen LogP contribution in [-0.4, -0.2) is 11.6 Å². The van der Waals surface area contributed by atoms with E-state index < -0.39 is 5.41 Å². The minimum atomic E-state index is -0.391. The molecule has 5 aliphatic carbocycles. The average Bonchev–Trinajstić information content (AvgIpc) is 2.72. The molecule has 3 fully saturated rings. The van der Waals surface area contributed by atoms with Gasteiger partial charge in [-0.3, -0.25) is 9.59 Å². The molecule has 0 amide bonds. The van der Waals surface area contributed by atoms with Crippen LogP contribution in [0.5, 0.6) is 0 Å². The first-order valence-electron chi connectivity index (χ1n) is 12.8. The maximum atomic E-state index is 14.0. The molecular formula is C29H39NO2. The van der Waals surface area contributed by atoms with Gasteiger partial charge in [-0.15, -0.1) is 0 Å². The lowest BCUT2D eigenvalue weighted by Crippen LogP contribution is -2.62. The molecule has 3 nitrogen and oxygen atoms in total. The predicted octanol–water partition coefficient (Wildman–Crippen LogP) is 6.45. The molecule has 0 heterocycles. The largest absolute Gasteiger partial charge is 0.295 e. The molecule has 5 aliphatic rings. The Morgan fingerprint density at radius 1 is 1.00 bits per heavy atom. The van der Waals surface area contributed by atoms with Crippen molar-refractivity contribution >= 4 is 11.6 Å². The molecule has 0 aromatic heterocycles. The zero-order chi connectivity index (χ0) is 23.3. The third kappa shape index (κ3) is 2.65. The van der Waals surface area contributed by atoms with E-state index in [1.165, 1.54) is 24.8 Å². The van der Waals surface area contributed by atoms with Crippen LogP contribution >= 0.6 is 0 Å². The van der Waals surface area contributed by atoms with Crippen molar-refractivity contribution in [2.75, 3.05) is 0 Å². The Hall–Kier alpha value is -1.69. The molecule has 4 unspecified atom stereocenters. The molecule has 172 valence electrons. The molecule has 0 saturated heterocycles. The monoisotopic (exact) mass is 433 g/mol. The number of carbonyl (C=O) groups is 2. The van der Waals surface area contributed by atoms with Crippen molar-refractivity contribution in [3.63, 3.8) is 0 Å². The number of ketones is 2. The van der Waals surface area contributed by atoms with Crippen LogP contribution < -0.4 is 0 Å². The summed E-state index contributed by atoms with van der Waals surface area (Å²) in [5.41, 5.74) is 1.31. The van der Waals surface area contributed by atoms with Gasteiger partial charge in [0, 0.05) is 17.3 Å². The van der Waals surface area contributed by atoms with Crippen molar-refractivity contribution in [3.8, 4) is 6.07 Å². The summed E-state index contributed by atoms with van der Waals surface area (Å²) in [5, 5.41) is 9.69. The smallest absolute Gasteiger partial charge is 0.176 e. The number of allylic oxidation sites excluding steroid dienone is 4. The highest BCUT2D eigenvalue weighted by Gasteiger charge is 2.66. The van der Waals surface area contributed by atoms with E-state index in [2.05, 4.69) is 40.7 Å². The van der Waals surface area contributed by atoms with Crippen molar-refractivity contribution < 1.29 is 9.59 Å². The average molecular weight is 434 g/mol. The van der Waals surface area contributed by atoms with E-state index >= 15 is 0 Å². The Labute approximate surface area is 193 Å². The van der Waals surface area contributed by atoms with Gasteiger partial charge in [0.1, 0.15) is 6.07 Å². The number of rotatable bonds is 0. The second-order valence-corrected chi connectivity index (χ2v) is 13.3. The second-order valence-electron chi connectivity index (χ2n) is 13.3. The highest BCUT2D eigenvalue weighted by molar-refractivity contribution is 6.02. The van der Waals surface area contributed by atoms with Crippen molar-refractivity contribution in [1.82, 2.24) is 0 Å². The minimum Gasteiger partial charge on any atom is -0.295 e. The number of fused-ring (bicyclic) bond motifs is 7. The first kappa shape index (κ1) is 22.1. The Morgan fingerprint density at radius 2 is 1.69 bits per heavy atom. The number of nitriles is 1. The predicted molar refractivity (Wildman–Crippen MR) is 125 cm³/mol. The zero-order valence-corrected chi connectivity index (χ0v) is 20.8. The van der Waals surface area contributed by atoms with Crippen LogP contribution in [0.25, 0.3) is 0 Å². The molecule has 0 aromatic carbocycles. The maximum Gasteiger partial charge on any atom is 0.176 e. The van der Waals surface area contributed by atoms with Crippen molar-refractivity contribution in [1.29, 1.82) is 5.26 Å². The van der Waals surface area contributed by atoms with Crippen LogP contribution in [0.1, 0.15) is 86.5 Å². The zero-order valence-electron chi connectivity index (χ0n) is 20.8. The number of hydrogen-bond donors (Lipinski definition) is 0. The topological polar surface area (TPSA) is 57.9 Å². The van der Waals surface area contributed by atoms with Crippen molar-refractivity contribution in [2.45, 2.75) is 86.5 Å². The van der Waals surface area contributed by atoms with Crippen molar-refractivity contribution in [3.05, 3.63) is 23.3 Å². The van der Waals surface area contributed by atoms with Crippen LogP contribution in [0.4, 0.5) is 0 Å². The van der Waals surface area contributed by atoms with E-state index in [0.717, 1.165) is 25.7 Å². The lowest BCUT2D eigenvalue weighted by atomic mass is 9.36. The van der Waals surface area contributed by atoms with Gasteiger partial charge in [-0.05, 0) is 85.0 Å². The quantitative estimate of drug-likeness (QED) is 0.441. The molecule has 0 aliphatic heterocycles. The summed E-state index contributed by atoms with van der Waals surface area (Å²) in [6.45, 7) is 13.8. The van der Waals surface area contributed by atoms with Gasteiger partial charge >= 0.3 is 0 Å². The normalized spacial score (nSPS) is 49.5. The van der Waals surface area contributed by atoms with Crippen LogP contribution in [0, 0.1) is 62.6 Å². The number of hydrogen-bond acceptors (Lipinski definition) is 3. The van der Waals surface area contributed by atoms with Gasteiger partial charge in [0.05, 0.1) is 5.57 Å². The molecular weight excluding hydrogens is 394 g/mol. The molecule has 0 N–H and O–H groups in total. The number of Topliss-reactive ketones (excluding diaryl/α,β-unsaturated/α-hetero) is 1. The van der Waals surface area contributed by atoms with Crippen LogP contribution in [0.15, 0.2) is 23.3 Å². The van der Waals surface area contributed by atoms with Gasteiger partial charge in [0.15, 0.2) is 11.6 Å². The molecule has 8 atom stereocenters. The van der Waals surface area contributed by atoms with E-state index in [1.807, 2.05) is 19.1 Å². The number of nitrogens with zero attached hydrogens (tertiary/aromatic N) is 1. The van der Waals surface area contributed by atoms with E-state index in [1.54, 1.807) is 0 Å². The summed E-state index contributed by atoms with van der Waals surface area (Å²) in [6, 6.07) is 2.17. The van der Waals surface area contributed by atoms with Gasteiger partial charge in [-0.2, -0.15) is 5.26 Å². The van der Waals surface area contributed by atoms with Gasteiger partial charge < -0.3 is 0 Å². The number of carbonyl (C=O) groups excluding carboxylic acids is 2. The molecule has 0 spiro atoms. The SMILES string of the molecule is CC1C(=O)C(C#N)=C[C@]2(C)C3=CC(=O)C4C5CC(C)(C)CCC5CC[C@@]4(C)[C@]3(C)CC[C@@H]12. The third-order valence-electron chi connectivity index (χ3n) is 11.3. The van der Waals surface area contributed by atoms with E-state index in [0.29, 0.717) is 28.6 Å². The Kier molecular flexibility index (Phi) is 4.62. The molecule has 3 heteroatoms. The van der Waals surface area contributed by atoms with Gasteiger partial charge in [0.2, 0.25) is 0 Å².